The highest BCUT2D eigenvalue weighted by molar-refractivity contribution is 5.76. The van der Waals surface area contributed by atoms with Crippen molar-refractivity contribution in [1.29, 1.82) is 0 Å². The maximum atomic E-state index is 12.2. The largest absolute Gasteiger partial charge is 0.388 e. The number of rotatable bonds is 5. The number of nitrogens with zero attached hydrogens (tertiary/aromatic N) is 1. The van der Waals surface area contributed by atoms with Crippen molar-refractivity contribution in [3.8, 4) is 0 Å². The molecule has 0 saturated heterocycles. The topological polar surface area (TPSA) is 40.5 Å². The Morgan fingerprint density at radius 2 is 1.84 bits per heavy atom. The fraction of sp³-hybridized carbons (Fsp3) is 0.938. The van der Waals surface area contributed by atoms with Gasteiger partial charge in [-0.1, -0.05) is 40.5 Å². The standard InChI is InChI=1S/C16H31NO2/c1-13(11-15(2,3)4)10-14(18)17(5)12-16(19)8-6-7-9-16/h13,19H,6-12H2,1-5H3. The van der Waals surface area contributed by atoms with Gasteiger partial charge < -0.3 is 10.0 Å². The summed E-state index contributed by atoms with van der Waals surface area (Å²) in [7, 11) is 1.82. The molecular formula is C16H31NO2. The highest BCUT2D eigenvalue weighted by Crippen LogP contribution is 2.30. The van der Waals surface area contributed by atoms with Gasteiger partial charge in [0.25, 0.3) is 0 Å². The molecule has 0 heterocycles. The fourth-order valence-electron chi connectivity index (χ4n) is 3.29. The third kappa shape index (κ3) is 5.94. The smallest absolute Gasteiger partial charge is 0.222 e. The molecule has 1 aliphatic carbocycles. The minimum Gasteiger partial charge on any atom is -0.388 e. The Balaban J connectivity index is 2.40. The van der Waals surface area contributed by atoms with Gasteiger partial charge in [-0.3, -0.25) is 4.79 Å². The summed E-state index contributed by atoms with van der Waals surface area (Å²) < 4.78 is 0. The Labute approximate surface area is 118 Å². The average molecular weight is 269 g/mol. The minimum absolute atomic E-state index is 0.164. The maximum absolute atomic E-state index is 12.2. The molecule has 3 heteroatoms. The van der Waals surface area contributed by atoms with Gasteiger partial charge in [-0.25, -0.2) is 0 Å². The van der Waals surface area contributed by atoms with Gasteiger partial charge in [0.15, 0.2) is 0 Å². The molecule has 0 aromatic rings. The van der Waals surface area contributed by atoms with Gasteiger partial charge >= 0.3 is 0 Å². The number of hydrogen-bond acceptors (Lipinski definition) is 2. The molecule has 3 nitrogen and oxygen atoms in total. The Bertz CT molecular complexity index is 300. The van der Waals surface area contributed by atoms with Gasteiger partial charge in [0.1, 0.15) is 0 Å². The van der Waals surface area contributed by atoms with Crippen LogP contribution in [0.2, 0.25) is 0 Å². The van der Waals surface area contributed by atoms with E-state index >= 15 is 0 Å². The molecule has 1 N–H and O–H groups in total. The Morgan fingerprint density at radius 3 is 2.32 bits per heavy atom. The minimum atomic E-state index is -0.627. The first kappa shape index (κ1) is 16.5. The molecule has 1 unspecified atom stereocenters. The second-order valence-corrected chi connectivity index (χ2v) is 7.76. The van der Waals surface area contributed by atoms with Crippen LogP contribution in [-0.2, 0) is 4.79 Å². The molecule has 1 rings (SSSR count). The summed E-state index contributed by atoms with van der Waals surface area (Å²) in [6.45, 7) is 9.26. The zero-order valence-electron chi connectivity index (χ0n) is 13.3. The molecule has 0 aromatic heterocycles. The Hall–Kier alpha value is -0.570. The van der Waals surface area contributed by atoms with Gasteiger partial charge in [-0.2, -0.15) is 0 Å². The fourth-order valence-corrected chi connectivity index (χ4v) is 3.29. The van der Waals surface area contributed by atoms with Crippen molar-refractivity contribution in [3.63, 3.8) is 0 Å². The van der Waals surface area contributed by atoms with Crippen molar-refractivity contribution >= 4 is 5.91 Å². The quantitative estimate of drug-likeness (QED) is 0.832. The molecule has 0 spiro atoms. The molecule has 1 saturated carbocycles. The Morgan fingerprint density at radius 1 is 1.32 bits per heavy atom. The summed E-state index contributed by atoms with van der Waals surface area (Å²) in [5, 5.41) is 10.3. The molecule has 1 amide bonds. The average Bonchev–Trinajstić information content (AvgIpc) is 2.61. The third-order valence-electron chi connectivity index (χ3n) is 3.98. The van der Waals surface area contributed by atoms with Crippen LogP contribution in [0.25, 0.3) is 0 Å². The van der Waals surface area contributed by atoms with Gasteiger partial charge in [-0.05, 0) is 30.6 Å². The number of carbonyl (C=O) groups excluding carboxylic acids is 1. The zero-order valence-corrected chi connectivity index (χ0v) is 13.3. The molecule has 0 aliphatic heterocycles. The van der Waals surface area contributed by atoms with Crippen LogP contribution < -0.4 is 0 Å². The van der Waals surface area contributed by atoms with E-state index in [-0.39, 0.29) is 11.3 Å². The lowest BCUT2D eigenvalue weighted by atomic mass is 9.84. The van der Waals surface area contributed by atoms with Crippen LogP contribution in [0.1, 0.15) is 66.2 Å². The molecule has 19 heavy (non-hydrogen) atoms. The van der Waals surface area contributed by atoms with Crippen molar-refractivity contribution in [2.45, 2.75) is 71.8 Å². The summed E-state index contributed by atoms with van der Waals surface area (Å²) in [5.41, 5.74) is -0.362. The number of carbonyl (C=O) groups is 1. The van der Waals surface area contributed by atoms with E-state index < -0.39 is 5.60 Å². The van der Waals surface area contributed by atoms with Gasteiger partial charge in [0, 0.05) is 20.0 Å². The molecular weight excluding hydrogens is 238 g/mol. The van der Waals surface area contributed by atoms with E-state index in [1.54, 1.807) is 4.90 Å². The predicted molar refractivity (Wildman–Crippen MR) is 78.9 cm³/mol. The first-order chi connectivity index (χ1) is 8.61. The predicted octanol–water partition coefficient (Wildman–Crippen LogP) is 3.21. The first-order valence-electron chi connectivity index (χ1n) is 7.58. The van der Waals surface area contributed by atoms with Crippen LogP contribution in [0, 0.1) is 11.3 Å². The van der Waals surface area contributed by atoms with Gasteiger partial charge in [0.2, 0.25) is 5.91 Å². The van der Waals surface area contributed by atoms with Crippen LogP contribution in [0.5, 0.6) is 0 Å². The van der Waals surface area contributed by atoms with Crippen LogP contribution >= 0.6 is 0 Å². The third-order valence-corrected chi connectivity index (χ3v) is 3.98. The monoisotopic (exact) mass is 269 g/mol. The first-order valence-corrected chi connectivity index (χ1v) is 7.58. The van der Waals surface area contributed by atoms with Crippen molar-refractivity contribution in [2.75, 3.05) is 13.6 Å². The van der Waals surface area contributed by atoms with Crippen molar-refractivity contribution in [3.05, 3.63) is 0 Å². The van der Waals surface area contributed by atoms with Crippen LogP contribution in [0.4, 0.5) is 0 Å². The van der Waals surface area contributed by atoms with Crippen molar-refractivity contribution < 1.29 is 9.90 Å². The number of hydrogen-bond donors (Lipinski definition) is 1. The summed E-state index contributed by atoms with van der Waals surface area (Å²) >= 11 is 0. The number of likely N-dealkylation sites (N-methyl/N-ethyl adjacent to an activating group) is 1. The maximum Gasteiger partial charge on any atom is 0.222 e. The second-order valence-electron chi connectivity index (χ2n) is 7.76. The molecule has 112 valence electrons. The van der Waals surface area contributed by atoms with Crippen LogP contribution in [0.3, 0.4) is 0 Å². The van der Waals surface area contributed by atoms with Crippen molar-refractivity contribution in [1.82, 2.24) is 4.90 Å². The van der Waals surface area contributed by atoms with E-state index in [0.717, 1.165) is 32.1 Å². The van der Waals surface area contributed by atoms with E-state index in [1.165, 1.54) is 0 Å². The summed E-state index contributed by atoms with van der Waals surface area (Å²) in [4.78, 5) is 13.9. The molecule has 0 radical (unpaired) electrons. The van der Waals surface area contributed by atoms with Crippen molar-refractivity contribution in [2.24, 2.45) is 11.3 Å². The zero-order chi connectivity index (χ0) is 14.7. The molecule has 0 bridgehead atoms. The lowest BCUT2D eigenvalue weighted by Crippen LogP contribution is -2.42. The van der Waals surface area contributed by atoms with E-state index in [1.807, 2.05) is 7.05 Å². The highest BCUT2D eigenvalue weighted by Gasteiger charge is 2.33. The molecule has 0 aromatic carbocycles. The van der Waals surface area contributed by atoms with E-state index in [0.29, 0.717) is 18.9 Å². The van der Waals surface area contributed by atoms with Gasteiger partial charge in [-0.15, -0.1) is 0 Å². The normalized spacial score (nSPS) is 20.3. The van der Waals surface area contributed by atoms with E-state index in [4.69, 9.17) is 0 Å². The van der Waals surface area contributed by atoms with Crippen LogP contribution in [-0.4, -0.2) is 35.1 Å². The van der Waals surface area contributed by atoms with Crippen LogP contribution in [0.15, 0.2) is 0 Å². The van der Waals surface area contributed by atoms with E-state index in [9.17, 15) is 9.90 Å². The van der Waals surface area contributed by atoms with E-state index in [2.05, 4.69) is 27.7 Å². The summed E-state index contributed by atoms with van der Waals surface area (Å²) in [6, 6.07) is 0. The lowest BCUT2D eigenvalue weighted by Gasteiger charge is -2.30. The summed E-state index contributed by atoms with van der Waals surface area (Å²) in [5.74, 6) is 0.560. The Kier molecular flexibility index (Phi) is 5.43. The molecule has 1 aliphatic rings. The second kappa shape index (κ2) is 6.25. The SMILES string of the molecule is CC(CC(=O)N(C)CC1(O)CCCC1)CC(C)(C)C. The number of aliphatic hydroxyl groups is 1. The molecule has 1 atom stereocenters. The highest BCUT2D eigenvalue weighted by atomic mass is 16.3. The summed E-state index contributed by atoms with van der Waals surface area (Å²) in [6.07, 6.45) is 5.48. The number of amides is 1. The molecule has 1 fully saturated rings. The lowest BCUT2D eigenvalue weighted by molar-refractivity contribution is -0.134. The van der Waals surface area contributed by atoms with Gasteiger partial charge in [0.05, 0.1) is 5.60 Å².